The molecule has 2 aromatic rings. The van der Waals surface area contributed by atoms with Crippen LogP contribution in [0.3, 0.4) is 0 Å². The maximum Gasteiger partial charge on any atom is 0.254 e. The highest BCUT2D eigenvalue weighted by atomic mass is 32.2. The fraction of sp³-hybridized carbons (Fsp3) is 0.353. The molecule has 126 valence electrons. The molecule has 1 aliphatic carbocycles. The van der Waals surface area contributed by atoms with E-state index in [1.54, 1.807) is 38.3 Å². The van der Waals surface area contributed by atoms with Gasteiger partial charge in [0.05, 0.1) is 18.1 Å². The van der Waals surface area contributed by atoms with Gasteiger partial charge in [-0.1, -0.05) is 11.8 Å². The van der Waals surface area contributed by atoms with Gasteiger partial charge in [-0.05, 0) is 50.5 Å². The number of benzene rings is 1. The summed E-state index contributed by atoms with van der Waals surface area (Å²) in [6.07, 6.45) is 2.59. The zero-order chi connectivity index (χ0) is 17.1. The first-order valence-corrected chi connectivity index (χ1v) is 8.68. The van der Waals surface area contributed by atoms with E-state index in [4.69, 9.17) is 4.74 Å². The summed E-state index contributed by atoms with van der Waals surface area (Å²) >= 11 is 1.26. The molecule has 0 radical (unpaired) electrons. The lowest BCUT2D eigenvalue weighted by atomic mass is 10.3. The number of methoxy groups -OCH3 is 1. The van der Waals surface area contributed by atoms with Crippen LogP contribution in [0.1, 0.15) is 24.6 Å². The summed E-state index contributed by atoms with van der Waals surface area (Å²) in [6, 6.07) is 7.13. The Morgan fingerprint density at radius 3 is 2.79 bits per heavy atom. The van der Waals surface area contributed by atoms with E-state index in [-0.39, 0.29) is 16.7 Å². The number of anilines is 1. The van der Waals surface area contributed by atoms with Crippen molar-refractivity contribution in [3.63, 3.8) is 0 Å². The minimum absolute atomic E-state index is 0.0808. The van der Waals surface area contributed by atoms with Gasteiger partial charge >= 0.3 is 0 Å². The van der Waals surface area contributed by atoms with Crippen molar-refractivity contribution >= 4 is 23.4 Å². The molecule has 0 bridgehead atoms. The second kappa shape index (κ2) is 7.09. The second-order valence-corrected chi connectivity index (χ2v) is 6.96. The Morgan fingerprint density at radius 1 is 1.33 bits per heavy atom. The van der Waals surface area contributed by atoms with Crippen LogP contribution in [-0.2, 0) is 17.6 Å². The Bertz CT molecular complexity index is 802. The average molecular weight is 345 g/mol. The fourth-order valence-corrected chi connectivity index (χ4v) is 3.43. The third-order valence-corrected chi connectivity index (χ3v) is 4.92. The quantitative estimate of drug-likeness (QED) is 0.642. The number of H-pyrrole nitrogens is 1. The van der Waals surface area contributed by atoms with Gasteiger partial charge < -0.3 is 15.0 Å². The van der Waals surface area contributed by atoms with Gasteiger partial charge in [-0.2, -0.15) is 0 Å². The van der Waals surface area contributed by atoms with Crippen molar-refractivity contribution in [3.05, 3.63) is 45.9 Å². The maximum atomic E-state index is 12.3. The molecule has 24 heavy (non-hydrogen) atoms. The number of carbonyl (C=O) groups excluding carboxylic acids is 1. The summed E-state index contributed by atoms with van der Waals surface area (Å²) in [6.45, 7) is 1.79. The predicted octanol–water partition coefficient (Wildman–Crippen LogP) is 2.39. The van der Waals surface area contributed by atoms with Crippen LogP contribution in [-0.4, -0.2) is 28.2 Å². The summed E-state index contributed by atoms with van der Waals surface area (Å²) in [5.74, 6) is 0.587. The van der Waals surface area contributed by atoms with Crippen LogP contribution < -0.4 is 15.6 Å². The Balaban J connectivity index is 1.65. The Hall–Kier alpha value is -2.28. The van der Waals surface area contributed by atoms with Crippen molar-refractivity contribution < 1.29 is 9.53 Å². The molecule has 0 saturated heterocycles. The van der Waals surface area contributed by atoms with Crippen molar-refractivity contribution in [3.8, 4) is 5.75 Å². The van der Waals surface area contributed by atoms with E-state index in [1.807, 2.05) is 0 Å². The van der Waals surface area contributed by atoms with Crippen molar-refractivity contribution in [2.45, 2.75) is 36.6 Å². The van der Waals surface area contributed by atoms with Gasteiger partial charge in [-0.3, -0.25) is 9.59 Å². The lowest BCUT2D eigenvalue weighted by molar-refractivity contribution is -0.115. The summed E-state index contributed by atoms with van der Waals surface area (Å²) in [5.41, 5.74) is 2.27. The lowest BCUT2D eigenvalue weighted by Gasteiger charge is -2.12. The van der Waals surface area contributed by atoms with Crippen molar-refractivity contribution in [1.29, 1.82) is 0 Å². The first kappa shape index (κ1) is 16.6. The van der Waals surface area contributed by atoms with Gasteiger partial charge in [-0.25, -0.2) is 4.98 Å². The minimum Gasteiger partial charge on any atom is -0.497 e. The number of hydrogen-bond acceptors (Lipinski definition) is 5. The molecule has 0 saturated carbocycles. The van der Waals surface area contributed by atoms with Crippen LogP contribution in [0.4, 0.5) is 5.69 Å². The summed E-state index contributed by atoms with van der Waals surface area (Å²) in [4.78, 5) is 31.6. The van der Waals surface area contributed by atoms with Gasteiger partial charge in [0.2, 0.25) is 5.91 Å². The molecule has 7 heteroatoms. The molecule has 1 atom stereocenters. The molecule has 2 N–H and O–H groups in total. The number of thioether (sulfide) groups is 1. The summed E-state index contributed by atoms with van der Waals surface area (Å²) in [5, 5.41) is 2.96. The molecule has 1 aliphatic rings. The molecule has 1 aromatic heterocycles. The van der Waals surface area contributed by atoms with Crippen LogP contribution in [0.25, 0.3) is 0 Å². The van der Waals surface area contributed by atoms with Gasteiger partial charge in [0, 0.05) is 11.3 Å². The highest BCUT2D eigenvalue weighted by Gasteiger charge is 2.20. The molecule has 1 aromatic carbocycles. The summed E-state index contributed by atoms with van der Waals surface area (Å²) < 4.78 is 5.09. The largest absolute Gasteiger partial charge is 0.497 e. The number of nitrogens with one attached hydrogen (secondary N) is 2. The van der Waals surface area contributed by atoms with E-state index in [0.717, 1.165) is 36.3 Å². The number of carbonyl (C=O) groups is 1. The van der Waals surface area contributed by atoms with Gasteiger partial charge in [0.15, 0.2) is 5.16 Å². The van der Waals surface area contributed by atoms with Crippen molar-refractivity contribution in [2.75, 3.05) is 12.4 Å². The molecule has 0 aliphatic heterocycles. The van der Waals surface area contributed by atoms with E-state index in [0.29, 0.717) is 10.8 Å². The van der Waals surface area contributed by atoms with Crippen LogP contribution in [0.5, 0.6) is 5.75 Å². The van der Waals surface area contributed by atoms with Gasteiger partial charge in [0.1, 0.15) is 5.75 Å². The predicted molar refractivity (Wildman–Crippen MR) is 93.8 cm³/mol. The number of hydrogen-bond donors (Lipinski definition) is 2. The van der Waals surface area contributed by atoms with E-state index < -0.39 is 0 Å². The number of ether oxygens (including phenoxy) is 1. The second-order valence-electron chi connectivity index (χ2n) is 5.63. The lowest BCUT2D eigenvalue weighted by Crippen LogP contribution is -2.23. The number of amides is 1. The third kappa shape index (κ3) is 3.62. The van der Waals surface area contributed by atoms with Crippen molar-refractivity contribution in [1.82, 2.24) is 9.97 Å². The molecule has 0 fully saturated rings. The Labute approximate surface area is 144 Å². The number of nitrogens with zero attached hydrogens (tertiary/aromatic N) is 1. The highest BCUT2D eigenvalue weighted by Crippen LogP contribution is 2.24. The van der Waals surface area contributed by atoms with Gasteiger partial charge in [-0.15, -0.1) is 0 Å². The van der Waals surface area contributed by atoms with E-state index in [1.165, 1.54) is 11.8 Å². The van der Waals surface area contributed by atoms with Crippen LogP contribution in [0.15, 0.2) is 34.2 Å². The molecule has 3 rings (SSSR count). The third-order valence-electron chi connectivity index (χ3n) is 3.93. The molecule has 1 heterocycles. The SMILES string of the molecule is COc1ccc(NC(=O)[C@H](C)Sc2nc3c(c(=O)[nH]2)CCC3)cc1. The standard InChI is InChI=1S/C17H19N3O3S/c1-10(15(21)18-11-6-8-12(23-2)9-7-11)24-17-19-14-5-3-4-13(14)16(22)20-17/h6-10H,3-5H2,1-2H3,(H,18,21)(H,19,20,22)/t10-/m0/s1. The molecule has 0 spiro atoms. The van der Waals surface area contributed by atoms with E-state index in [9.17, 15) is 9.59 Å². The molecule has 0 unspecified atom stereocenters. The van der Waals surface area contributed by atoms with Crippen molar-refractivity contribution in [2.24, 2.45) is 0 Å². The van der Waals surface area contributed by atoms with Gasteiger partial charge in [0.25, 0.3) is 5.56 Å². The van der Waals surface area contributed by atoms with Crippen LogP contribution in [0, 0.1) is 0 Å². The monoisotopic (exact) mass is 345 g/mol. The number of fused-ring (bicyclic) bond motifs is 1. The molecule has 1 amide bonds. The smallest absolute Gasteiger partial charge is 0.254 e. The average Bonchev–Trinajstić information content (AvgIpc) is 3.04. The summed E-state index contributed by atoms with van der Waals surface area (Å²) in [7, 11) is 1.59. The highest BCUT2D eigenvalue weighted by molar-refractivity contribution is 8.00. The Morgan fingerprint density at radius 2 is 2.08 bits per heavy atom. The fourth-order valence-electron chi connectivity index (χ4n) is 2.61. The number of aromatic nitrogens is 2. The maximum absolute atomic E-state index is 12.3. The normalized spacial score (nSPS) is 14.1. The minimum atomic E-state index is -0.380. The topological polar surface area (TPSA) is 84.1 Å². The van der Waals surface area contributed by atoms with E-state index >= 15 is 0 Å². The first-order valence-electron chi connectivity index (χ1n) is 7.80. The zero-order valence-corrected chi connectivity index (χ0v) is 14.4. The zero-order valence-electron chi connectivity index (χ0n) is 13.6. The molecule has 6 nitrogen and oxygen atoms in total. The number of aryl methyl sites for hydroxylation is 1. The van der Waals surface area contributed by atoms with Crippen LogP contribution in [0.2, 0.25) is 0 Å². The first-order chi connectivity index (χ1) is 11.6. The number of rotatable bonds is 5. The Kier molecular flexibility index (Phi) is 4.89. The van der Waals surface area contributed by atoms with E-state index in [2.05, 4.69) is 15.3 Å². The van der Waals surface area contributed by atoms with Crippen LogP contribution >= 0.6 is 11.8 Å². The molecular formula is C17H19N3O3S. The number of aromatic amines is 1. The molecular weight excluding hydrogens is 326 g/mol.